The number of piperazine rings is 1. The highest BCUT2D eigenvalue weighted by atomic mass is 16.5. The number of likely N-dealkylation sites (N-methyl/N-ethyl adjacent to an activating group) is 1. The molecule has 128 valence electrons. The number of hydrogen-bond acceptors (Lipinski definition) is 4. The average molecular weight is 322 g/mol. The van der Waals surface area contributed by atoms with E-state index in [-0.39, 0.29) is 24.0 Å². The van der Waals surface area contributed by atoms with E-state index in [1.165, 1.54) is 4.90 Å². The lowest BCUT2D eigenvalue weighted by Crippen LogP contribution is -2.63. The van der Waals surface area contributed by atoms with E-state index in [4.69, 9.17) is 4.74 Å². The van der Waals surface area contributed by atoms with E-state index >= 15 is 0 Å². The van der Waals surface area contributed by atoms with E-state index in [0.717, 1.165) is 5.69 Å². The Morgan fingerprint density at radius 2 is 1.87 bits per heavy atom. The van der Waals surface area contributed by atoms with Gasteiger partial charge in [-0.3, -0.25) is 9.59 Å². The van der Waals surface area contributed by atoms with Crippen LogP contribution in [0.2, 0.25) is 0 Å². The van der Waals surface area contributed by atoms with Gasteiger partial charge in [-0.1, -0.05) is 0 Å². The van der Waals surface area contributed by atoms with Crippen LogP contribution in [0.15, 0.2) is 12.5 Å². The fourth-order valence-electron chi connectivity index (χ4n) is 2.58. The molecule has 7 nitrogen and oxygen atoms in total. The minimum absolute atomic E-state index is 0.0805. The quantitative estimate of drug-likeness (QED) is 0.822. The van der Waals surface area contributed by atoms with Crippen molar-refractivity contribution in [1.82, 2.24) is 19.4 Å². The smallest absolute Gasteiger partial charge is 0.248 e. The van der Waals surface area contributed by atoms with E-state index < -0.39 is 12.1 Å². The molecule has 1 aromatic heterocycles. The van der Waals surface area contributed by atoms with Gasteiger partial charge in [-0.05, 0) is 27.7 Å². The lowest BCUT2D eigenvalue weighted by molar-refractivity contribution is -0.164. The van der Waals surface area contributed by atoms with Gasteiger partial charge in [-0.25, -0.2) is 4.98 Å². The number of imidazole rings is 1. The van der Waals surface area contributed by atoms with Gasteiger partial charge < -0.3 is 19.1 Å². The molecule has 2 amide bonds. The van der Waals surface area contributed by atoms with Crippen molar-refractivity contribution in [3.05, 3.63) is 18.2 Å². The van der Waals surface area contributed by atoms with Crippen molar-refractivity contribution < 1.29 is 14.3 Å². The molecule has 1 aliphatic rings. The normalized spacial score (nSPS) is 22.9. The van der Waals surface area contributed by atoms with Crippen LogP contribution in [0.4, 0.5) is 0 Å². The molecule has 23 heavy (non-hydrogen) atoms. The molecule has 0 spiro atoms. The van der Waals surface area contributed by atoms with E-state index in [1.54, 1.807) is 25.2 Å². The van der Waals surface area contributed by atoms with Gasteiger partial charge >= 0.3 is 0 Å². The van der Waals surface area contributed by atoms with Crippen LogP contribution in [0.25, 0.3) is 0 Å². The molecule has 2 unspecified atom stereocenters. The average Bonchev–Trinajstić information content (AvgIpc) is 2.85. The first-order chi connectivity index (χ1) is 10.6. The third-order valence-electron chi connectivity index (χ3n) is 3.97. The molecule has 0 saturated carbocycles. The van der Waals surface area contributed by atoms with Crippen molar-refractivity contribution in [3.63, 3.8) is 0 Å². The van der Waals surface area contributed by atoms with Gasteiger partial charge in [-0.2, -0.15) is 0 Å². The number of carbonyl (C=O) groups is 2. The van der Waals surface area contributed by atoms with Crippen LogP contribution >= 0.6 is 0 Å². The number of ether oxygens (including phenoxy) is 1. The molecular weight excluding hydrogens is 296 g/mol. The molecule has 1 aromatic rings. The maximum atomic E-state index is 12.8. The molecule has 0 aliphatic carbocycles. The summed E-state index contributed by atoms with van der Waals surface area (Å²) in [5.41, 5.74) is 0.402. The molecule has 0 aromatic carbocycles. The highest BCUT2D eigenvalue weighted by molar-refractivity contribution is 5.96. The molecule has 0 N–H and O–H groups in total. The number of nitrogens with zero attached hydrogens (tertiary/aromatic N) is 4. The lowest BCUT2D eigenvalue weighted by Gasteiger charge is -2.42. The van der Waals surface area contributed by atoms with Crippen LogP contribution in [-0.4, -0.2) is 62.5 Å². The predicted molar refractivity (Wildman–Crippen MR) is 85.5 cm³/mol. The zero-order chi connectivity index (χ0) is 17.4. The summed E-state index contributed by atoms with van der Waals surface area (Å²) < 4.78 is 7.56. The van der Waals surface area contributed by atoms with Crippen molar-refractivity contribution in [3.8, 4) is 0 Å². The molecular formula is C16H26N4O3. The Labute approximate surface area is 137 Å². The molecule has 0 radical (unpaired) electrons. The summed E-state index contributed by atoms with van der Waals surface area (Å²) in [6.45, 7) is 8.05. The summed E-state index contributed by atoms with van der Waals surface area (Å²) in [5.74, 6) is -0.183. The summed E-state index contributed by atoms with van der Waals surface area (Å²) in [6.07, 6.45) is 3.53. The lowest BCUT2D eigenvalue weighted by atomic mass is 10.1. The number of aryl methyl sites for hydroxylation is 1. The number of rotatable bonds is 4. The van der Waals surface area contributed by atoms with Crippen molar-refractivity contribution >= 4 is 11.8 Å². The van der Waals surface area contributed by atoms with E-state index in [2.05, 4.69) is 4.98 Å². The van der Waals surface area contributed by atoms with Gasteiger partial charge in [0.15, 0.2) is 0 Å². The minimum Gasteiger partial charge on any atom is -0.373 e. The summed E-state index contributed by atoms with van der Waals surface area (Å²) in [4.78, 5) is 32.6. The molecule has 2 rings (SSSR count). The zero-order valence-corrected chi connectivity index (χ0v) is 14.7. The van der Waals surface area contributed by atoms with Crippen LogP contribution in [0.3, 0.4) is 0 Å². The molecule has 1 aliphatic heterocycles. The third-order valence-corrected chi connectivity index (χ3v) is 3.97. The fourth-order valence-corrected chi connectivity index (χ4v) is 2.58. The fraction of sp³-hybridized carbons (Fsp3) is 0.688. The SMILES string of the molecule is CC1C(=O)N(C)C(COC(C)(C)C)C(=O)N1Cc1cn(C)cn1. The van der Waals surface area contributed by atoms with Gasteiger partial charge in [0.2, 0.25) is 11.8 Å². The Bertz CT molecular complexity index is 590. The van der Waals surface area contributed by atoms with Gasteiger partial charge in [0.1, 0.15) is 12.1 Å². The predicted octanol–water partition coefficient (Wildman–Crippen LogP) is 0.793. The number of aromatic nitrogens is 2. The molecule has 1 saturated heterocycles. The monoisotopic (exact) mass is 322 g/mol. The summed E-state index contributed by atoms with van der Waals surface area (Å²) in [7, 11) is 3.53. The van der Waals surface area contributed by atoms with Crippen molar-refractivity contribution in [2.24, 2.45) is 7.05 Å². The maximum absolute atomic E-state index is 12.8. The highest BCUT2D eigenvalue weighted by Gasteiger charge is 2.42. The third kappa shape index (κ3) is 3.90. The second kappa shape index (κ2) is 6.31. The molecule has 0 bridgehead atoms. The van der Waals surface area contributed by atoms with Crippen LogP contribution in [0.1, 0.15) is 33.4 Å². The Morgan fingerprint density at radius 3 is 2.39 bits per heavy atom. The van der Waals surface area contributed by atoms with Crippen molar-refractivity contribution in [2.45, 2.75) is 51.9 Å². The van der Waals surface area contributed by atoms with Crippen LogP contribution in [0.5, 0.6) is 0 Å². The van der Waals surface area contributed by atoms with E-state index in [0.29, 0.717) is 6.54 Å². The second-order valence-corrected chi connectivity index (χ2v) is 7.06. The summed E-state index contributed by atoms with van der Waals surface area (Å²) >= 11 is 0. The highest BCUT2D eigenvalue weighted by Crippen LogP contribution is 2.21. The Kier molecular flexibility index (Phi) is 4.79. The van der Waals surface area contributed by atoms with Crippen molar-refractivity contribution in [1.29, 1.82) is 0 Å². The van der Waals surface area contributed by atoms with Crippen LogP contribution in [-0.2, 0) is 27.9 Å². The number of amides is 2. The topological polar surface area (TPSA) is 67.7 Å². The molecule has 7 heteroatoms. The first kappa shape index (κ1) is 17.5. The maximum Gasteiger partial charge on any atom is 0.248 e. The molecule has 2 atom stereocenters. The van der Waals surface area contributed by atoms with Crippen LogP contribution < -0.4 is 0 Å². The van der Waals surface area contributed by atoms with E-state index in [1.807, 2.05) is 38.6 Å². The standard InChI is InChI=1S/C16H26N4O3/c1-11-14(21)19(6)13(9-23-16(2,3)4)15(22)20(11)8-12-7-18(5)10-17-12/h7,10-11,13H,8-9H2,1-6H3. The first-order valence-corrected chi connectivity index (χ1v) is 7.78. The second-order valence-electron chi connectivity index (χ2n) is 7.06. The van der Waals surface area contributed by atoms with E-state index in [9.17, 15) is 9.59 Å². The van der Waals surface area contributed by atoms with Gasteiger partial charge in [0, 0.05) is 20.3 Å². The molecule has 1 fully saturated rings. The van der Waals surface area contributed by atoms with Gasteiger partial charge in [0.25, 0.3) is 0 Å². The van der Waals surface area contributed by atoms with Gasteiger partial charge in [0.05, 0.1) is 30.8 Å². The Hall–Kier alpha value is -1.89. The van der Waals surface area contributed by atoms with Crippen molar-refractivity contribution in [2.75, 3.05) is 13.7 Å². The summed E-state index contributed by atoms with van der Waals surface area (Å²) in [6, 6.07) is -1.10. The largest absolute Gasteiger partial charge is 0.373 e. The van der Waals surface area contributed by atoms with Crippen LogP contribution in [0, 0.1) is 0 Å². The number of hydrogen-bond donors (Lipinski definition) is 0. The Morgan fingerprint density at radius 1 is 1.22 bits per heavy atom. The first-order valence-electron chi connectivity index (χ1n) is 7.78. The number of carbonyl (C=O) groups excluding carboxylic acids is 2. The Balaban J connectivity index is 2.17. The van der Waals surface area contributed by atoms with Gasteiger partial charge in [-0.15, -0.1) is 0 Å². The molecule has 2 heterocycles. The minimum atomic E-state index is -0.596. The zero-order valence-electron chi connectivity index (χ0n) is 14.7. The summed E-state index contributed by atoms with van der Waals surface area (Å²) in [5, 5.41) is 0.